The number of nitrogens with one attached hydrogen (secondary N) is 1. The maximum atomic E-state index is 12.1. The minimum Gasteiger partial charge on any atom is -0.476 e. The lowest BCUT2D eigenvalue weighted by Crippen LogP contribution is -2.26. The quantitative estimate of drug-likeness (QED) is 0.566. The number of carboxylic acids is 1. The summed E-state index contributed by atoms with van der Waals surface area (Å²) in [6.07, 6.45) is 0.759. The molecular formula is C24H19N3O4. The number of rotatable bonds is 4. The second-order valence-corrected chi connectivity index (χ2v) is 6.95. The lowest BCUT2D eigenvalue weighted by molar-refractivity contribution is 0.0691. The van der Waals surface area contributed by atoms with Crippen molar-refractivity contribution in [2.24, 2.45) is 0 Å². The van der Waals surface area contributed by atoms with Gasteiger partial charge in [-0.2, -0.15) is 0 Å². The van der Waals surface area contributed by atoms with Crippen LogP contribution in [0.25, 0.3) is 11.1 Å². The van der Waals surface area contributed by atoms with Crippen molar-refractivity contribution >= 4 is 17.7 Å². The molecule has 1 aliphatic carbocycles. The number of carbonyl (C=O) groups is 2. The number of amides is 1. The van der Waals surface area contributed by atoms with Crippen molar-refractivity contribution in [2.45, 2.75) is 5.92 Å². The van der Waals surface area contributed by atoms with Gasteiger partial charge in [0, 0.05) is 17.7 Å². The zero-order chi connectivity index (χ0) is 21.8. The molecule has 7 nitrogen and oxygen atoms in total. The zero-order valence-electron chi connectivity index (χ0n) is 16.5. The van der Waals surface area contributed by atoms with Gasteiger partial charge in [-0.05, 0) is 28.3 Å². The number of fused-ring (bicyclic) bond motifs is 3. The number of ether oxygens (including phenoxy) is 1. The summed E-state index contributed by atoms with van der Waals surface area (Å²) in [7, 11) is 0. The smallest absolute Gasteiger partial charge is 0.407 e. The topological polar surface area (TPSA) is 115 Å². The van der Waals surface area contributed by atoms with E-state index < -0.39 is 12.1 Å². The molecule has 1 heterocycles. The lowest BCUT2D eigenvalue weighted by atomic mass is 9.98. The molecule has 0 saturated heterocycles. The minimum absolute atomic E-state index is 0.00830. The van der Waals surface area contributed by atoms with Gasteiger partial charge >= 0.3 is 12.1 Å². The molecule has 0 radical (unpaired) electrons. The van der Waals surface area contributed by atoms with Crippen LogP contribution in [0, 0.1) is 11.8 Å². The molecule has 0 spiro atoms. The predicted octanol–water partition coefficient (Wildman–Crippen LogP) is 3.25. The number of anilines is 1. The van der Waals surface area contributed by atoms with Crippen molar-refractivity contribution in [3.8, 4) is 23.0 Å². The molecule has 31 heavy (non-hydrogen) atoms. The average molecular weight is 413 g/mol. The highest BCUT2D eigenvalue weighted by atomic mass is 16.5. The number of pyridine rings is 1. The summed E-state index contributed by atoms with van der Waals surface area (Å²) in [6.45, 7) is 0.293. The summed E-state index contributed by atoms with van der Waals surface area (Å²) in [5.74, 6) is 4.33. The van der Waals surface area contributed by atoms with E-state index >= 15 is 0 Å². The van der Waals surface area contributed by atoms with Crippen molar-refractivity contribution in [3.05, 3.63) is 83.2 Å². The molecule has 0 bridgehead atoms. The van der Waals surface area contributed by atoms with Gasteiger partial charge in [0.2, 0.25) is 0 Å². The average Bonchev–Trinajstić information content (AvgIpc) is 3.09. The highest BCUT2D eigenvalue weighted by molar-refractivity contribution is 5.91. The number of hydrogen-bond donors (Lipinski definition) is 3. The highest BCUT2D eigenvalue weighted by Gasteiger charge is 2.28. The van der Waals surface area contributed by atoms with Crippen LogP contribution in [0.1, 0.15) is 33.1 Å². The van der Waals surface area contributed by atoms with Crippen LogP contribution in [0.15, 0.2) is 60.8 Å². The molecule has 1 aromatic heterocycles. The molecule has 0 aliphatic heterocycles. The number of benzene rings is 2. The second kappa shape index (κ2) is 8.59. The number of alkyl carbamates (subject to hydrolysis) is 1. The van der Waals surface area contributed by atoms with Crippen molar-refractivity contribution in [1.29, 1.82) is 0 Å². The monoisotopic (exact) mass is 413 g/mol. The Morgan fingerprint density at radius 1 is 1.10 bits per heavy atom. The largest absolute Gasteiger partial charge is 0.476 e. The number of aromatic nitrogens is 1. The number of hydrogen-bond acceptors (Lipinski definition) is 5. The molecule has 154 valence electrons. The van der Waals surface area contributed by atoms with Crippen LogP contribution < -0.4 is 11.1 Å². The normalized spacial score (nSPS) is 11.6. The first kappa shape index (κ1) is 20.0. The summed E-state index contributed by atoms with van der Waals surface area (Å²) in [5, 5.41) is 11.5. The van der Waals surface area contributed by atoms with Crippen molar-refractivity contribution in [1.82, 2.24) is 10.3 Å². The molecule has 7 heteroatoms. The van der Waals surface area contributed by atoms with Crippen molar-refractivity contribution in [2.75, 3.05) is 18.9 Å². The van der Waals surface area contributed by atoms with E-state index in [4.69, 9.17) is 15.6 Å². The third-order valence-corrected chi connectivity index (χ3v) is 5.02. The molecule has 3 aromatic rings. The van der Waals surface area contributed by atoms with Gasteiger partial charge in [-0.3, -0.25) is 0 Å². The van der Waals surface area contributed by atoms with Crippen LogP contribution in [0.2, 0.25) is 0 Å². The Balaban J connectivity index is 1.34. The number of nitrogens with two attached hydrogens (primary N) is 1. The first-order chi connectivity index (χ1) is 15.0. The Labute approximate surface area is 178 Å². The Hall–Kier alpha value is -4.31. The van der Waals surface area contributed by atoms with E-state index in [2.05, 4.69) is 46.4 Å². The summed E-state index contributed by atoms with van der Waals surface area (Å²) in [5.41, 5.74) is 10.5. The molecule has 0 saturated carbocycles. The molecule has 4 N–H and O–H groups in total. The maximum absolute atomic E-state index is 12.1. The SMILES string of the molecule is Nc1cc(C#CCNC(=O)OCC2c3ccccc3-c3ccccc32)cnc1C(=O)O. The third-order valence-electron chi connectivity index (χ3n) is 5.02. The highest BCUT2D eigenvalue weighted by Crippen LogP contribution is 2.44. The predicted molar refractivity (Wildman–Crippen MR) is 116 cm³/mol. The first-order valence-electron chi connectivity index (χ1n) is 9.61. The lowest BCUT2D eigenvalue weighted by Gasteiger charge is -2.14. The molecule has 0 fully saturated rings. The second-order valence-electron chi connectivity index (χ2n) is 6.95. The van der Waals surface area contributed by atoms with Gasteiger partial charge in [0.25, 0.3) is 0 Å². The maximum Gasteiger partial charge on any atom is 0.407 e. The summed E-state index contributed by atoms with van der Waals surface area (Å²) in [6, 6.07) is 17.7. The van der Waals surface area contributed by atoms with Crippen LogP contribution in [-0.2, 0) is 4.74 Å². The van der Waals surface area contributed by atoms with Gasteiger partial charge in [0.15, 0.2) is 5.69 Å². The van der Waals surface area contributed by atoms with Gasteiger partial charge in [-0.25, -0.2) is 14.6 Å². The van der Waals surface area contributed by atoms with E-state index in [-0.39, 0.29) is 30.5 Å². The number of aromatic carboxylic acids is 1. The van der Waals surface area contributed by atoms with Gasteiger partial charge in [-0.15, -0.1) is 0 Å². The molecule has 0 atom stereocenters. The fourth-order valence-corrected chi connectivity index (χ4v) is 3.64. The molecular weight excluding hydrogens is 394 g/mol. The van der Waals surface area contributed by atoms with Gasteiger partial charge in [0.05, 0.1) is 12.2 Å². The minimum atomic E-state index is -1.20. The van der Waals surface area contributed by atoms with Crippen molar-refractivity contribution in [3.63, 3.8) is 0 Å². The summed E-state index contributed by atoms with van der Waals surface area (Å²) < 4.78 is 5.44. The van der Waals surface area contributed by atoms with Gasteiger partial charge < -0.3 is 20.9 Å². The Morgan fingerprint density at radius 3 is 2.35 bits per heavy atom. The van der Waals surface area contributed by atoms with Crippen LogP contribution in [-0.4, -0.2) is 35.3 Å². The van der Waals surface area contributed by atoms with Gasteiger partial charge in [-0.1, -0.05) is 60.4 Å². The number of nitrogen functional groups attached to an aromatic ring is 1. The summed E-state index contributed by atoms with van der Waals surface area (Å²) >= 11 is 0. The van der Waals surface area contributed by atoms with E-state index in [9.17, 15) is 9.59 Å². The Morgan fingerprint density at radius 2 is 1.74 bits per heavy atom. The van der Waals surface area contributed by atoms with Crippen LogP contribution in [0.3, 0.4) is 0 Å². The van der Waals surface area contributed by atoms with Gasteiger partial charge in [0.1, 0.15) is 6.61 Å². The first-order valence-corrected chi connectivity index (χ1v) is 9.61. The zero-order valence-corrected chi connectivity index (χ0v) is 16.5. The third kappa shape index (κ3) is 4.19. The fourth-order valence-electron chi connectivity index (χ4n) is 3.64. The molecule has 0 unspecified atom stereocenters. The van der Waals surface area contributed by atoms with E-state index in [0.717, 1.165) is 11.1 Å². The van der Waals surface area contributed by atoms with E-state index in [1.54, 1.807) is 0 Å². The van der Waals surface area contributed by atoms with Crippen LogP contribution in [0.4, 0.5) is 10.5 Å². The molecule has 2 aromatic carbocycles. The standard InChI is InChI=1S/C24H19N3O4/c25-21-12-15(13-27-22(21)23(28)29)6-5-11-26-24(30)31-14-20-18-9-3-1-7-16(18)17-8-2-4-10-19(17)20/h1-4,7-10,12-13,20H,11,14,25H2,(H,26,30)(H,28,29). The number of carboxylic acid groups (broad SMARTS) is 1. The molecule has 1 aliphatic rings. The Bertz CT molecular complexity index is 1180. The van der Waals surface area contributed by atoms with E-state index in [1.807, 2.05) is 24.3 Å². The number of nitrogens with zero attached hydrogens (tertiary/aromatic N) is 1. The summed E-state index contributed by atoms with van der Waals surface area (Å²) in [4.78, 5) is 26.8. The van der Waals surface area contributed by atoms with E-state index in [0.29, 0.717) is 5.56 Å². The van der Waals surface area contributed by atoms with Crippen LogP contribution >= 0.6 is 0 Å². The van der Waals surface area contributed by atoms with Crippen molar-refractivity contribution < 1.29 is 19.4 Å². The molecule has 4 rings (SSSR count). The fraction of sp³-hybridized carbons (Fsp3) is 0.125. The molecule has 1 amide bonds. The van der Waals surface area contributed by atoms with E-state index in [1.165, 1.54) is 23.4 Å². The van der Waals surface area contributed by atoms with Crippen LogP contribution in [0.5, 0.6) is 0 Å². The Kier molecular flexibility index (Phi) is 5.54. The number of carbonyl (C=O) groups excluding carboxylic acids is 1.